The highest BCUT2D eigenvalue weighted by Crippen LogP contribution is 2.23. The van der Waals surface area contributed by atoms with Crippen molar-refractivity contribution in [3.05, 3.63) is 10.4 Å². The molecule has 0 aliphatic carbocycles. The minimum atomic E-state index is -0.213. The zero-order valence-electron chi connectivity index (χ0n) is 11.4. The van der Waals surface area contributed by atoms with Crippen molar-refractivity contribution in [1.82, 2.24) is 15.0 Å². The Bertz CT molecular complexity index is 665. The van der Waals surface area contributed by atoms with Gasteiger partial charge in [-0.05, 0) is 6.42 Å². The zero-order chi connectivity index (χ0) is 14.5. The summed E-state index contributed by atoms with van der Waals surface area (Å²) in [4.78, 5) is 34.2. The smallest absolute Gasteiger partial charge is 0.271 e. The van der Waals surface area contributed by atoms with Crippen molar-refractivity contribution in [2.75, 3.05) is 11.1 Å². The monoisotopic (exact) mass is 312 g/mol. The summed E-state index contributed by atoms with van der Waals surface area (Å²) >= 11 is 2.66. The highest BCUT2D eigenvalue weighted by molar-refractivity contribution is 7.99. The van der Waals surface area contributed by atoms with Crippen LogP contribution in [0.4, 0.5) is 5.13 Å². The number of aromatic amines is 1. The molecule has 0 fully saturated rings. The normalized spacial score (nSPS) is 10.9. The molecule has 2 rings (SSSR count). The van der Waals surface area contributed by atoms with Gasteiger partial charge in [0.15, 0.2) is 15.9 Å². The molecule has 2 aromatic heterocycles. The second kappa shape index (κ2) is 6.85. The number of hydrogen-bond acceptors (Lipinski definition) is 6. The molecule has 0 aliphatic heterocycles. The fourth-order valence-electron chi connectivity index (χ4n) is 1.61. The Morgan fingerprint density at radius 3 is 2.90 bits per heavy atom. The highest BCUT2D eigenvalue weighted by atomic mass is 32.2. The highest BCUT2D eigenvalue weighted by Gasteiger charge is 2.11. The summed E-state index contributed by atoms with van der Waals surface area (Å²) in [6.45, 7) is 3.55. The quantitative estimate of drug-likeness (QED) is 0.486. The number of amides is 1. The van der Waals surface area contributed by atoms with Crippen molar-refractivity contribution >= 4 is 44.5 Å². The lowest BCUT2D eigenvalue weighted by Crippen LogP contribution is -2.07. The molecular formula is C12H16N4O2S2. The van der Waals surface area contributed by atoms with E-state index in [2.05, 4.69) is 27.2 Å². The minimum absolute atomic E-state index is 0.206. The topological polar surface area (TPSA) is 87.7 Å². The first kappa shape index (κ1) is 15.0. The van der Waals surface area contributed by atoms with Gasteiger partial charge in [-0.25, -0.2) is 4.98 Å². The molecule has 20 heavy (non-hydrogen) atoms. The Morgan fingerprint density at radius 2 is 2.20 bits per heavy atom. The van der Waals surface area contributed by atoms with Gasteiger partial charge < -0.3 is 10.3 Å². The van der Waals surface area contributed by atoms with E-state index in [9.17, 15) is 9.59 Å². The summed E-state index contributed by atoms with van der Waals surface area (Å²) in [5, 5.41) is 3.55. The third-order valence-corrected chi connectivity index (χ3v) is 4.43. The average Bonchev–Trinajstić information content (AvgIpc) is 2.77. The number of nitrogens with zero attached hydrogens (tertiary/aromatic N) is 2. The number of unbranched alkanes of at least 4 members (excludes halogenated alkanes) is 2. The number of carbonyl (C=O) groups excluding carboxylic acids is 1. The fraction of sp³-hybridized carbons (Fsp3) is 0.500. The Balaban J connectivity index is 2.18. The Morgan fingerprint density at radius 1 is 1.40 bits per heavy atom. The van der Waals surface area contributed by atoms with Crippen LogP contribution >= 0.6 is 23.1 Å². The summed E-state index contributed by atoms with van der Waals surface area (Å²) < 4.78 is 0.437. The average molecular weight is 312 g/mol. The van der Waals surface area contributed by atoms with Gasteiger partial charge >= 0.3 is 0 Å². The number of rotatable bonds is 6. The molecule has 0 saturated carbocycles. The molecule has 0 bridgehead atoms. The minimum Gasteiger partial charge on any atom is -0.302 e. The van der Waals surface area contributed by atoms with Crippen LogP contribution in [0, 0.1) is 0 Å². The summed E-state index contributed by atoms with van der Waals surface area (Å²) in [7, 11) is 0. The first-order chi connectivity index (χ1) is 9.60. The van der Waals surface area contributed by atoms with Gasteiger partial charge in [-0.15, -0.1) is 0 Å². The summed E-state index contributed by atoms with van der Waals surface area (Å²) in [5.41, 5.74) is 0.183. The number of aromatic nitrogens is 3. The number of nitrogens with one attached hydrogen (secondary N) is 2. The SMILES string of the molecule is CCCCCSc1nc2nc(NC(C)=O)sc2c(=O)[nH]1. The maximum Gasteiger partial charge on any atom is 0.271 e. The van der Waals surface area contributed by atoms with Crippen LogP contribution in [0.3, 0.4) is 0 Å². The van der Waals surface area contributed by atoms with Gasteiger partial charge in [-0.2, -0.15) is 4.98 Å². The molecule has 2 N–H and O–H groups in total. The maximum absolute atomic E-state index is 11.9. The Hall–Kier alpha value is -1.41. The van der Waals surface area contributed by atoms with E-state index in [1.165, 1.54) is 25.1 Å². The number of carbonyl (C=O) groups is 1. The van der Waals surface area contributed by atoms with Crippen LogP contribution in [0.2, 0.25) is 0 Å². The second-order valence-corrected chi connectivity index (χ2v) is 6.36. The zero-order valence-corrected chi connectivity index (χ0v) is 13.0. The molecule has 0 spiro atoms. The van der Waals surface area contributed by atoms with Crippen molar-refractivity contribution in [2.24, 2.45) is 0 Å². The van der Waals surface area contributed by atoms with Crippen LogP contribution in [0.25, 0.3) is 10.3 Å². The van der Waals surface area contributed by atoms with Gasteiger partial charge in [0, 0.05) is 12.7 Å². The number of anilines is 1. The molecule has 6 nitrogen and oxygen atoms in total. The Labute approximate surface area is 124 Å². The lowest BCUT2D eigenvalue weighted by molar-refractivity contribution is -0.114. The first-order valence-corrected chi connectivity index (χ1v) is 8.21. The molecule has 1 amide bonds. The van der Waals surface area contributed by atoms with Crippen molar-refractivity contribution < 1.29 is 4.79 Å². The molecule has 0 radical (unpaired) electrons. The summed E-state index contributed by atoms with van der Waals surface area (Å²) in [6.07, 6.45) is 3.43. The number of H-pyrrole nitrogens is 1. The second-order valence-electron chi connectivity index (χ2n) is 4.28. The lowest BCUT2D eigenvalue weighted by atomic mass is 10.3. The standard InChI is InChI=1S/C12H16N4O2S2/c1-3-4-5-6-19-11-14-9-8(10(18)16-11)20-12(15-9)13-7(2)17/h3-6H2,1-2H3,(H2,13,14,15,16,17,18). The first-order valence-electron chi connectivity index (χ1n) is 6.41. The van der Waals surface area contributed by atoms with Gasteiger partial charge in [-0.1, -0.05) is 42.9 Å². The van der Waals surface area contributed by atoms with Crippen LogP contribution < -0.4 is 10.9 Å². The van der Waals surface area contributed by atoms with E-state index in [-0.39, 0.29) is 11.5 Å². The van der Waals surface area contributed by atoms with Gasteiger partial charge in [0.2, 0.25) is 5.91 Å². The molecule has 8 heteroatoms. The van der Waals surface area contributed by atoms with Crippen molar-refractivity contribution in [1.29, 1.82) is 0 Å². The van der Waals surface area contributed by atoms with Gasteiger partial charge in [0.05, 0.1) is 0 Å². The van der Waals surface area contributed by atoms with Crippen molar-refractivity contribution in [3.8, 4) is 0 Å². The molecule has 108 valence electrons. The lowest BCUT2D eigenvalue weighted by Gasteiger charge is -1.99. The summed E-state index contributed by atoms with van der Waals surface area (Å²) in [6, 6.07) is 0. The largest absolute Gasteiger partial charge is 0.302 e. The molecule has 0 aromatic carbocycles. The van der Waals surface area contributed by atoms with E-state index in [1.807, 2.05) is 0 Å². The third-order valence-electron chi connectivity index (χ3n) is 2.51. The van der Waals surface area contributed by atoms with E-state index in [0.717, 1.165) is 29.9 Å². The van der Waals surface area contributed by atoms with Gasteiger partial charge in [0.25, 0.3) is 5.56 Å². The van der Waals surface area contributed by atoms with Crippen LogP contribution in [-0.4, -0.2) is 26.6 Å². The Kier molecular flexibility index (Phi) is 5.13. The number of thioether (sulfide) groups is 1. The van der Waals surface area contributed by atoms with E-state index < -0.39 is 0 Å². The number of fused-ring (bicyclic) bond motifs is 1. The van der Waals surface area contributed by atoms with Crippen LogP contribution in [-0.2, 0) is 4.79 Å². The van der Waals surface area contributed by atoms with Gasteiger partial charge in [0.1, 0.15) is 4.70 Å². The molecule has 0 unspecified atom stereocenters. The number of hydrogen-bond donors (Lipinski definition) is 2. The molecule has 2 aromatic rings. The number of thiazole rings is 1. The van der Waals surface area contributed by atoms with Crippen LogP contribution in [0.5, 0.6) is 0 Å². The van der Waals surface area contributed by atoms with Crippen molar-refractivity contribution in [3.63, 3.8) is 0 Å². The maximum atomic E-state index is 11.9. The molecule has 2 heterocycles. The molecule has 0 saturated heterocycles. The predicted molar refractivity (Wildman–Crippen MR) is 82.6 cm³/mol. The van der Waals surface area contributed by atoms with Gasteiger partial charge in [-0.3, -0.25) is 9.59 Å². The van der Waals surface area contributed by atoms with Crippen molar-refractivity contribution in [2.45, 2.75) is 38.3 Å². The predicted octanol–water partition coefficient (Wildman–Crippen LogP) is 2.62. The van der Waals surface area contributed by atoms with E-state index in [4.69, 9.17) is 0 Å². The summed E-state index contributed by atoms with van der Waals surface area (Å²) in [5.74, 6) is 0.708. The molecule has 0 atom stereocenters. The molecular weight excluding hydrogens is 296 g/mol. The van der Waals surface area contributed by atoms with Crippen LogP contribution in [0.15, 0.2) is 9.95 Å². The third kappa shape index (κ3) is 3.80. The fourth-order valence-corrected chi connectivity index (χ4v) is 3.31. The van der Waals surface area contributed by atoms with E-state index in [1.54, 1.807) is 0 Å². The van der Waals surface area contributed by atoms with Crippen LogP contribution in [0.1, 0.15) is 33.1 Å². The van der Waals surface area contributed by atoms with E-state index >= 15 is 0 Å². The van der Waals surface area contributed by atoms with E-state index in [0.29, 0.717) is 20.6 Å². The molecule has 0 aliphatic rings.